The topological polar surface area (TPSA) is 157 Å². The van der Waals surface area contributed by atoms with Gasteiger partial charge in [-0.2, -0.15) is 0 Å². The Hall–Kier alpha value is -6.05. The van der Waals surface area contributed by atoms with Crippen LogP contribution in [0.25, 0.3) is 21.5 Å². The molecule has 0 saturated heterocycles. The highest BCUT2D eigenvalue weighted by molar-refractivity contribution is 9.10. The number of aromatic nitrogens is 2. The van der Waals surface area contributed by atoms with E-state index in [-0.39, 0.29) is 40.8 Å². The fourth-order valence-corrected chi connectivity index (χ4v) is 8.89. The molecule has 4 aromatic carbocycles. The van der Waals surface area contributed by atoms with Crippen LogP contribution in [-0.2, 0) is 14.3 Å². The van der Waals surface area contributed by atoms with E-state index in [1.807, 2.05) is 18.2 Å². The number of aliphatic carboxylic acids is 1. The van der Waals surface area contributed by atoms with Gasteiger partial charge in [0.15, 0.2) is 11.6 Å². The quantitative estimate of drug-likeness (QED) is 0.0700. The van der Waals surface area contributed by atoms with E-state index in [1.54, 1.807) is 19.2 Å². The summed E-state index contributed by atoms with van der Waals surface area (Å²) in [6.07, 6.45) is 9.31. The number of ether oxygens (including phenoxy) is 3. The third kappa shape index (κ3) is 11.2. The minimum Gasteiger partial charge on any atom is -0.494 e. The average molecular weight is 990 g/mol. The predicted molar refractivity (Wildman–Crippen MR) is 264 cm³/mol. The van der Waals surface area contributed by atoms with E-state index in [0.29, 0.717) is 36.9 Å². The number of methoxy groups -OCH3 is 2. The van der Waals surface area contributed by atoms with Gasteiger partial charge >= 0.3 is 11.9 Å². The first-order valence-electron chi connectivity index (χ1n) is 22.8. The lowest BCUT2D eigenvalue weighted by molar-refractivity contribution is -0.145. The van der Waals surface area contributed by atoms with Crippen LogP contribution >= 0.6 is 27.5 Å². The molecule has 14 heteroatoms. The molecule has 0 aliphatic heterocycles. The third-order valence-electron chi connectivity index (χ3n) is 12.7. The summed E-state index contributed by atoms with van der Waals surface area (Å²) in [5.74, 6) is -1.13. The van der Waals surface area contributed by atoms with Gasteiger partial charge in [-0.05, 0) is 115 Å². The van der Waals surface area contributed by atoms with E-state index in [4.69, 9.17) is 25.8 Å². The number of halogens is 2. The summed E-state index contributed by atoms with van der Waals surface area (Å²) in [6, 6.07) is 28.5. The minimum atomic E-state index is -0.930. The van der Waals surface area contributed by atoms with Crippen molar-refractivity contribution in [2.45, 2.75) is 52.4 Å². The molecule has 67 heavy (non-hydrogen) atoms. The molecule has 4 atom stereocenters. The number of carbonyl (C=O) groups excluding carboxylic acids is 3. The lowest BCUT2D eigenvalue weighted by Gasteiger charge is -2.27. The number of anilines is 3. The number of carboxylic acid groups (broad SMARTS) is 1. The van der Waals surface area contributed by atoms with Crippen LogP contribution in [0.2, 0.25) is 5.02 Å². The van der Waals surface area contributed by atoms with Crippen LogP contribution in [0, 0.1) is 42.4 Å². The first-order chi connectivity index (χ1) is 32.4. The fourth-order valence-electron chi connectivity index (χ4n) is 8.35. The Morgan fingerprint density at radius 2 is 1.34 bits per heavy atom. The van der Waals surface area contributed by atoms with Crippen molar-refractivity contribution in [3.63, 3.8) is 0 Å². The number of esters is 1. The lowest BCUT2D eigenvalue weighted by Crippen LogP contribution is -2.21. The van der Waals surface area contributed by atoms with Crippen LogP contribution in [0.4, 0.5) is 17.1 Å². The van der Waals surface area contributed by atoms with Gasteiger partial charge in [0.1, 0.15) is 22.9 Å². The molecule has 12 nitrogen and oxygen atoms in total. The Kier molecular flexibility index (Phi) is 14.8. The number of nitrogens with zero attached hydrogens (tertiary/aromatic N) is 3. The number of carboxylic acids is 1. The molecule has 2 aromatic heterocycles. The Morgan fingerprint density at radius 1 is 0.746 bits per heavy atom. The number of ketones is 2. The van der Waals surface area contributed by atoms with Crippen LogP contribution in [0.5, 0.6) is 11.5 Å². The second kappa shape index (κ2) is 20.9. The molecule has 4 unspecified atom stereocenters. The van der Waals surface area contributed by atoms with Gasteiger partial charge in [0.2, 0.25) is 0 Å². The van der Waals surface area contributed by atoms with Crippen molar-refractivity contribution in [2.75, 3.05) is 44.1 Å². The molecule has 2 N–H and O–H groups in total. The van der Waals surface area contributed by atoms with Crippen molar-refractivity contribution < 1.29 is 38.5 Å². The number of carbonyl (C=O) groups is 4. The number of nitrogens with one attached hydrogen (secondary N) is 1. The first-order valence-corrected chi connectivity index (χ1v) is 24.0. The maximum atomic E-state index is 12.8. The maximum Gasteiger partial charge on any atom is 0.309 e. The molecule has 2 heterocycles. The van der Waals surface area contributed by atoms with E-state index >= 15 is 0 Å². The smallest absolute Gasteiger partial charge is 0.309 e. The molecule has 348 valence electrons. The lowest BCUT2D eigenvalue weighted by atomic mass is 10.0. The first kappa shape index (κ1) is 47.4. The van der Waals surface area contributed by atoms with Gasteiger partial charge in [-0.15, -0.1) is 0 Å². The van der Waals surface area contributed by atoms with Crippen LogP contribution in [0.1, 0.15) is 72.0 Å². The molecule has 4 saturated carbocycles. The molecule has 4 fully saturated rings. The van der Waals surface area contributed by atoms with Crippen molar-refractivity contribution in [1.82, 2.24) is 9.97 Å². The predicted octanol–water partition coefficient (Wildman–Crippen LogP) is 11.6. The highest BCUT2D eigenvalue weighted by Gasteiger charge is 2.51. The summed E-state index contributed by atoms with van der Waals surface area (Å²) in [4.78, 5) is 58.6. The van der Waals surface area contributed by atoms with Gasteiger partial charge < -0.3 is 29.5 Å². The number of benzene rings is 4. The molecule has 4 aliphatic rings. The summed E-state index contributed by atoms with van der Waals surface area (Å²) in [5.41, 5.74) is 4.88. The van der Waals surface area contributed by atoms with E-state index in [0.717, 1.165) is 45.3 Å². The van der Waals surface area contributed by atoms with E-state index in [2.05, 4.69) is 104 Å². The molecule has 0 radical (unpaired) electrons. The number of aryl methyl sites for hydroxylation is 1. The van der Waals surface area contributed by atoms with E-state index < -0.39 is 17.8 Å². The zero-order chi connectivity index (χ0) is 47.4. The van der Waals surface area contributed by atoms with Crippen molar-refractivity contribution in [3.8, 4) is 11.5 Å². The van der Waals surface area contributed by atoms with Gasteiger partial charge in [-0.1, -0.05) is 66.2 Å². The van der Waals surface area contributed by atoms with Gasteiger partial charge in [0.25, 0.3) is 0 Å². The summed E-state index contributed by atoms with van der Waals surface area (Å²) < 4.78 is 16.3. The monoisotopic (exact) mass is 988 g/mol. The fraction of sp³-hybridized carbons (Fsp3) is 0.358. The molecule has 0 amide bonds. The highest BCUT2D eigenvalue weighted by Crippen LogP contribution is 2.45. The van der Waals surface area contributed by atoms with Crippen molar-refractivity contribution in [1.29, 1.82) is 0 Å². The minimum absolute atomic E-state index is 0.164. The summed E-state index contributed by atoms with van der Waals surface area (Å²) >= 11 is 9.44. The normalized spacial score (nSPS) is 18.9. The summed E-state index contributed by atoms with van der Waals surface area (Å²) in [6.45, 7) is 6.15. The Bertz CT molecular complexity index is 2830. The maximum absolute atomic E-state index is 12.8. The van der Waals surface area contributed by atoms with Crippen LogP contribution in [0.15, 0.2) is 102 Å². The van der Waals surface area contributed by atoms with E-state index in [9.17, 15) is 24.3 Å². The SMILES string of the molecule is CCOC(=O)C1CC1C(=O)c1ncc(Br)cc1OC.COc1cc(N(CC2CC2)c2ccc(C)c3ccccc23)cnc1C(=O)C1CC1C(=O)O.Clc1ccc(NCC2CC2)c2ccccc12. The molecule has 0 bridgehead atoms. The number of hydrogen-bond donors (Lipinski definition) is 2. The number of pyridine rings is 2. The van der Waals surface area contributed by atoms with Gasteiger partial charge in [0.05, 0.1) is 44.5 Å². The Labute approximate surface area is 403 Å². The number of rotatable bonds is 16. The molecular formula is C53H54BrClN4O8. The van der Waals surface area contributed by atoms with Gasteiger partial charge in [0, 0.05) is 74.2 Å². The van der Waals surface area contributed by atoms with Crippen LogP contribution in [-0.4, -0.2) is 72.5 Å². The second-order valence-electron chi connectivity index (χ2n) is 17.6. The van der Waals surface area contributed by atoms with Crippen LogP contribution in [0.3, 0.4) is 0 Å². The highest BCUT2D eigenvalue weighted by atomic mass is 79.9. The van der Waals surface area contributed by atoms with Crippen LogP contribution < -0.4 is 19.7 Å². The van der Waals surface area contributed by atoms with Crippen molar-refractivity contribution in [2.24, 2.45) is 35.5 Å². The summed E-state index contributed by atoms with van der Waals surface area (Å²) in [5, 5.41) is 18.3. The zero-order valence-corrected chi connectivity index (χ0v) is 40.3. The molecule has 6 aromatic rings. The Balaban J connectivity index is 0.000000148. The molecule has 4 aliphatic carbocycles. The number of fused-ring (bicyclic) bond motifs is 2. The number of Topliss-reactive ketones (excluding diaryl/α,β-unsaturated/α-hetero) is 2. The zero-order valence-electron chi connectivity index (χ0n) is 38.0. The van der Waals surface area contributed by atoms with Crippen molar-refractivity contribution >= 4 is 89.6 Å². The van der Waals surface area contributed by atoms with Crippen molar-refractivity contribution in [3.05, 3.63) is 124 Å². The largest absolute Gasteiger partial charge is 0.494 e. The average Bonchev–Trinajstić information content (AvgIpc) is 4.11. The Morgan fingerprint density at radius 3 is 1.97 bits per heavy atom. The second-order valence-corrected chi connectivity index (χ2v) is 19.0. The molecule has 10 rings (SSSR count). The standard InChI is InChI=1S/C26H26N2O4.C14H14ClN.C13H14BrNO4/c1-15-7-10-22(19-6-4-3-5-18(15)19)28(14-16-8-9-16)17-11-23(32-2)24(27-13-17)25(29)20-12-21(20)26(30)31;15-13-7-8-14(16-9-10-5-6-10)12-4-2-1-3-11(12)13;1-3-19-13(17)9-5-8(9)12(16)11-10(18-2)4-7(14)6-15-11/h3-7,10-11,13,16,20-21H,8-9,12,14H2,1-2H3,(H,30,31);1-4,7-8,10,16H,5-6,9H2;4,6,8-9H,3,5H2,1-2H3. The van der Waals surface area contributed by atoms with E-state index in [1.165, 1.54) is 73.5 Å². The molecular weight excluding hydrogens is 936 g/mol. The third-order valence-corrected chi connectivity index (χ3v) is 13.5. The number of hydrogen-bond acceptors (Lipinski definition) is 11. The van der Waals surface area contributed by atoms with Gasteiger partial charge in [-0.25, -0.2) is 9.97 Å². The summed E-state index contributed by atoms with van der Waals surface area (Å²) in [7, 11) is 3.00. The molecule has 0 spiro atoms. The van der Waals surface area contributed by atoms with Gasteiger partial charge in [-0.3, -0.25) is 19.2 Å².